The molecule has 5 unspecified atom stereocenters. The zero-order valence-corrected chi connectivity index (χ0v) is 35.6. The van der Waals surface area contributed by atoms with Crippen molar-refractivity contribution in [2.24, 2.45) is 16.8 Å². The Morgan fingerprint density at radius 1 is 1.12 bits per heavy atom. The molecular formula is C40H51N5O11S3. The Labute approximate surface area is 350 Å². The molecule has 0 saturated carbocycles. The SMILES string of the molecule is CC/N=C1\C=CC2C(Oc3c(ccc(NCC)c3S(=O)(=O)O)C2C2CC=CC=C2C(=O)N(C)CCCC(=O)NCCNC(=O)C2=CC(OCC=S)=CCC2)C1S(=O)(=O)O. The summed E-state index contributed by atoms with van der Waals surface area (Å²) >= 11 is 4.78. The first-order chi connectivity index (χ1) is 28.1. The maximum Gasteiger partial charge on any atom is 0.300 e. The van der Waals surface area contributed by atoms with Crippen LogP contribution in [0.5, 0.6) is 5.75 Å². The van der Waals surface area contributed by atoms with Crippen molar-refractivity contribution in [3.05, 3.63) is 77.1 Å². The number of hydrogen-bond donors (Lipinski definition) is 5. The third-order valence-corrected chi connectivity index (χ3v) is 12.7. The van der Waals surface area contributed by atoms with Crippen LogP contribution in [0.4, 0.5) is 5.69 Å². The van der Waals surface area contributed by atoms with Crippen molar-refractivity contribution in [2.45, 2.75) is 68.1 Å². The van der Waals surface area contributed by atoms with Gasteiger partial charge in [-0.05, 0) is 63.8 Å². The van der Waals surface area contributed by atoms with Gasteiger partial charge in [-0.2, -0.15) is 16.8 Å². The van der Waals surface area contributed by atoms with Crippen LogP contribution in [-0.2, 0) is 39.4 Å². The molecule has 4 aliphatic rings. The van der Waals surface area contributed by atoms with Crippen molar-refractivity contribution < 1.29 is 49.8 Å². The summed E-state index contributed by atoms with van der Waals surface area (Å²) in [5, 5.41) is 8.25. The summed E-state index contributed by atoms with van der Waals surface area (Å²) in [6.45, 7) is 4.80. The van der Waals surface area contributed by atoms with E-state index in [4.69, 9.17) is 21.7 Å². The fourth-order valence-corrected chi connectivity index (χ4v) is 9.87. The zero-order valence-electron chi connectivity index (χ0n) is 33.1. The number of thiocarbonyl (C=S) groups is 1. The van der Waals surface area contributed by atoms with E-state index in [1.54, 1.807) is 51.3 Å². The second-order valence-electron chi connectivity index (χ2n) is 14.4. The van der Waals surface area contributed by atoms with E-state index >= 15 is 0 Å². The molecule has 3 amide bonds. The van der Waals surface area contributed by atoms with Gasteiger partial charge in [0.2, 0.25) is 17.7 Å². The van der Waals surface area contributed by atoms with Crippen LogP contribution in [-0.4, -0.2) is 117 Å². The number of carbonyl (C=O) groups is 3. The quantitative estimate of drug-likeness (QED) is 0.0806. The number of anilines is 1. The van der Waals surface area contributed by atoms with Gasteiger partial charge in [0.25, 0.3) is 20.2 Å². The van der Waals surface area contributed by atoms with Crippen LogP contribution in [0.25, 0.3) is 0 Å². The summed E-state index contributed by atoms with van der Waals surface area (Å²) in [6, 6.07) is 3.14. The fraction of sp³-hybridized carbons (Fsp3) is 0.475. The minimum atomic E-state index is -4.96. The van der Waals surface area contributed by atoms with Gasteiger partial charge in [0.1, 0.15) is 24.2 Å². The number of hydrogen-bond acceptors (Lipinski definition) is 12. The van der Waals surface area contributed by atoms with E-state index in [9.17, 15) is 40.3 Å². The lowest BCUT2D eigenvalue weighted by atomic mass is 9.66. The number of benzene rings is 1. The molecule has 0 spiro atoms. The van der Waals surface area contributed by atoms with Gasteiger partial charge in [0.15, 0.2) is 10.1 Å². The highest BCUT2D eigenvalue weighted by molar-refractivity contribution is 7.87. The van der Waals surface area contributed by atoms with Crippen LogP contribution >= 0.6 is 12.2 Å². The van der Waals surface area contributed by atoms with Crippen molar-refractivity contribution in [3.63, 3.8) is 0 Å². The van der Waals surface area contributed by atoms with Gasteiger partial charge >= 0.3 is 0 Å². The summed E-state index contributed by atoms with van der Waals surface area (Å²) < 4.78 is 84.8. The number of rotatable bonds is 18. The summed E-state index contributed by atoms with van der Waals surface area (Å²) in [7, 11) is -8.23. The Morgan fingerprint density at radius 3 is 2.58 bits per heavy atom. The predicted octanol–water partition coefficient (Wildman–Crippen LogP) is 3.71. The maximum atomic E-state index is 14.2. The molecule has 1 aromatic carbocycles. The molecule has 0 bridgehead atoms. The molecular weight excluding hydrogens is 823 g/mol. The van der Waals surface area contributed by atoms with Crippen LogP contribution in [0.1, 0.15) is 57.4 Å². The molecule has 59 heavy (non-hydrogen) atoms. The number of nitrogens with one attached hydrogen (secondary N) is 3. The first kappa shape index (κ1) is 45.4. The minimum Gasteiger partial charge on any atom is -0.489 e. The average molecular weight is 874 g/mol. The maximum absolute atomic E-state index is 14.2. The van der Waals surface area contributed by atoms with Crippen LogP contribution in [0.2, 0.25) is 0 Å². The second kappa shape index (κ2) is 20.0. The molecule has 0 saturated heterocycles. The summed E-state index contributed by atoms with van der Waals surface area (Å²) in [5.41, 5.74) is 1.33. The molecule has 1 aliphatic heterocycles. The number of aliphatic imine (C=N–C) groups is 1. The van der Waals surface area contributed by atoms with E-state index in [0.29, 0.717) is 48.2 Å². The summed E-state index contributed by atoms with van der Waals surface area (Å²) in [6.07, 6.45) is 12.7. The standard InChI is InChI=1S/C40H51N5O11S3/c1-4-41-31-17-15-29-34(30-16-18-32(42-5-2)38(59(52,53)54)36(30)56-35(29)37(31)58(49,50)51)27-12-6-7-13-28(27)40(48)45(3)21-9-14-33(46)43-19-20-44-39(47)25-10-8-11-26(24-25)55-22-23-57/h6-7,11,13,15-18,23-24,27,29,34-35,37,42H,4-5,8-10,12,14,19-22H2,1-3H3,(H,43,46)(H,44,47)(H,49,50,51)(H,52,53,54)/b41-31+. The Morgan fingerprint density at radius 2 is 1.88 bits per heavy atom. The Bertz CT molecular complexity index is 2210. The molecule has 320 valence electrons. The van der Waals surface area contributed by atoms with Gasteiger partial charge in [-0.3, -0.25) is 28.5 Å². The lowest BCUT2D eigenvalue weighted by Gasteiger charge is -2.46. The van der Waals surface area contributed by atoms with Crippen molar-refractivity contribution in [3.8, 4) is 5.75 Å². The van der Waals surface area contributed by atoms with Crippen molar-refractivity contribution >= 4 is 66.9 Å². The number of allylic oxidation sites excluding steroid dienone is 6. The molecule has 1 heterocycles. The average Bonchev–Trinajstić information content (AvgIpc) is 3.19. The van der Waals surface area contributed by atoms with Crippen LogP contribution < -0.4 is 20.7 Å². The minimum absolute atomic E-state index is 0.0244. The third-order valence-electron chi connectivity index (χ3n) is 10.5. The highest BCUT2D eigenvalue weighted by Crippen LogP contribution is 2.54. The molecule has 0 radical (unpaired) electrons. The first-order valence-corrected chi connectivity index (χ1v) is 22.9. The molecule has 0 aromatic heterocycles. The lowest BCUT2D eigenvalue weighted by molar-refractivity contribution is -0.127. The molecule has 5 atom stereocenters. The van der Waals surface area contributed by atoms with Crippen molar-refractivity contribution in [1.82, 2.24) is 15.5 Å². The lowest BCUT2D eigenvalue weighted by Crippen LogP contribution is -2.54. The van der Waals surface area contributed by atoms with Crippen LogP contribution in [0.15, 0.2) is 81.5 Å². The van der Waals surface area contributed by atoms with Gasteiger partial charge < -0.3 is 30.3 Å². The number of ether oxygens (including phenoxy) is 2. The van der Waals surface area contributed by atoms with E-state index < -0.39 is 54.2 Å². The van der Waals surface area contributed by atoms with E-state index in [1.165, 1.54) is 22.4 Å². The molecule has 0 fully saturated rings. The number of nitrogens with zero attached hydrogens (tertiary/aromatic N) is 2. The highest BCUT2D eigenvalue weighted by atomic mass is 32.2. The normalized spacial score (nSPS) is 23.0. The summed E-state index contributed by atoms with van der Waals surface area (Å²) in [5.74, 6) is -2.73. The summed E-state index contributed by atoms with van der Waals surface area (Å²) in [4.78, 5) is 44.7. The van der Waals surface area contributed by atoms with E-state index in [-0.39, 0.29) is 80.6 Å². The molecule has 1 aromatic rings. The number of likely N-dealkylation sites (N-methyl/N-ethyl adjacent to an activating group) is 1. The Balaban J connectivity index is 1.30. The largest absolute Gasteiger partial charge is 0.489 e. The molecule has 16 nitrogen and oxygen atoms in total. The molecule has 3 aliphatic carbocycles. The van der Waals surface area contributed by atoms with E-state index in [1.807, 2.05) is 12.2 Å². The van der Waals surface area contributed by atoms with Crippen LogP contribution in [0.3, 0.4) is 0 Å². The Hall–Kier alpha value is -4.69. The Kier molecular flexibility index (Phi) is 15.4. The topological polar surface area (TPSA) is 230 Å². The molecule has 5 rings (SSSR count). The molecule has 19 heteroatoms. The monoisotopic (exact) mass is 873 g/mol. The number of amides is 3. The van der Waals surface area contributed by atoms with Gasteiger partial charge in [-0.1, -0.05) is 42.6 Å². The van der Waals surface area contributed by atoms with Crippen molar-refractivity contribution in [1.29, 1.82) is 0 Å². The third kappa shape index (κ3) is 10.9. The predicted molar refractivity (Wildman–Crippen MR) is 227 cm³/mol. The van der Waals surface area contributed by atoms with E-state index in [2.05, 4.69) is 20.9 Å². The van der Waals surface area contributed by atoms with Crippen LogP contribution in [0, 0.1) is 11.8 Å². The van der Waals surface area contributed by atoms with Gasteiger partial charge in [-0.25, -0.2) is 0 Å². The second-order valence-corrected chi connectivity index (χ2v) is 17.6. The highest BCUT2D eigenvalue weighted by Gasteiger charge is 2.53. The zero-order chi connectivity index (χ0) is 42.9. The number of carbonyl (C=O) groups excluding carboxylic acids is 3. The fourth-order valence-electron chi connectivity index (χ4n) is 7.95. The van der Waals surface area contributed by atoms with Crippen molar-refractivity contribution in [2.75, 3.05) is 51.7 Å². The first-order valence-electron chi connectivity index (χ1n) is 19.5. The van der Waals surface area contributed by atoms with Gasteiger partial charge in [-0.15, -0.1) is 0 Å². The van der Waals surface area contributed by atoms with Gasteiger partial charge in [0, 0.05) is 86.0 Å². The van der Waals surface area contributed by atoms with E-state index in [0.717, 1.165) is 0 Å². The van der Waals surface area contributed by atoms with Gasteiger partial charge in [0.05, 0.1) is 11.4 Å². The molecule has 5 N–H and O–H groups in total. The smallest absolute Gasteiger partial charge is 0.300 e. The number of fused-ring (bicyclic) bond motifs is 2.